The van der Waals surface area contributed by atoms with Crippen molar-refractivity contribution < 1.29 is 34.2 Å². The Hall–Kier alpha value is -3.51. The highest BCUT2D eigenvalue weighted by Crippen LogP contribution is 2.11. The van der Waals surface area contributed by atoms with Gasteiger partial charge >= 0.3 is 11.9 Å². The van der Waals surface area contributed by atoms with E-state index >= 15 is 0 Å². The van der Waals surface area contributed by atoms with Crippen LogP contribution in [0.1, 0.15) is 57.9 Å². The Kier molecular flexibility index (Phi) is 14.6. The Balaban J connectivity index is 2.99. The molecule has 5 unspecified atom stereocenters. The van der Waals surface area contributed by atoms with Gasteiger partial charge in [-0.1, -0.05) is 50.6 Å². The maximum atomic E-state index is 13.3. The zero-order valence-electron chi connectivity index (χ0n) is 22.0. The Morgan fingerprint density at radius 3 is 2.05 bits per heavy atom. The molecule has 12 heteroatoms. The molecule has 0 bridgehead atoms. The first kappa shape index (κ1) is 32.5. The fourth-order valence-corrected chi connectivity index (χ4v) is 3.74. The lowest BCUT2D eigenvalue weighted by Crippen LogP contribution is -2.58. The van der Waals surface area contributed by atoms with Crippen molar-refractivity contribution in [2.24, 2.45) is 17.4 Å². The van der Waals surface area contributed by atoms with Gasteiger partial charge in [0.25, 0.3) is 0 Å². The van der Waals surface area contributed by atoms with Gasteiger partial charge in [-0.25, -0.2) is 4.79 Å². The monoisotopic (exact) mass is 535 g/mol. The van der Waals surface area contributed by atoms with Crippen LogP contribution in [-0.2, 0) is 30.4 Å². The zero-order chi connectivity index (χ0) is 28.7. The van der Waals surface area contributed by atoms with Crippen molar-refractivity contribution in [3.63, 3.8) is 0 Å². The van der Waals surface area contributed by atoms with E-state index in [9.17, 15) is 29.1 Å². The number of unbranched alkanes of at least 4 members (excludes halogenated alkanes) is 1. The van der Waals surface area contributed by atoms with E-state index in [-0.39, 0.29) is 25.2 Å². The van der Waals surface area contributed by atoms with Gasteiger partial charge in [0.1, 0.15) is 18.1 Å². The maximum Gasteiger partial charge on any atom is 0.326 e. The van der Waals surface area contributed by atoms with E-state index in [1.54, 1.807) is 6.92 Å². The first-order chi connectivity index (χ1) is 18.0. The molecule has 0 aliphatic carbocycles. The van der Waals surface area contributed by atoms with E-state index in [1.165, 1.54) is 0 Å². The lowest BCUT2D eigenvalue weighted by Gasteiger charge is -2.28. The molecule has 212 valence electrons. The highest BCUT2D eigenvalue weighted by atomic mass is 16.4. The lowest BCUT2D eigenvalue weighted by molar-refractivity contribution is -0.143. The first-order valence-electron chi connectivity index (χ1n) is 12.8. The van der Waals surface area contributed by atoms with Crippen LogP contribution in [0, 0.1) is 5.92 Å². The van der Waals surface area contributed by atoms with Gasteiger partial charge in [-0.15, -0.1) is 0 Å². The Labute approximate surface area is 222 Å². The Morgan fingerprint density at radius 2 is 1.50 bits per heavy atom. The summed E-state index contributed by atoms with van der Waals surface area (Å²) in [5.74, 6) is -4.76. The molecule has 38 heavy (non-hydrogen) atoms. The third-order valence-corrected chi connectivity index (χ3v) is 6.27. The van der Waals surface area contributed by atoms with Crippen LogP contribution in [0.25, 0.3) is 0 Å². The number of amides is 3. The van der Waals surface area contributed by atoms with E-state index in [1.807, 2.05) is 37.3 Å². The van der Waals surface area contributed by atoms with Gasteiger partial charge in [-0.05, 0) is 50.1 Å². The molecule has 9 N–H and O–H groups in total. The molecule has 0 radical (unpaired) electrons. The number of carboxylic acids is 2. The van der Waals surface area contributed by atoms with Crippen molar-refractivity contribution in [3.8, 4) is 0 Å². The van der Waals surface area contributed by atoms with Gasteiger partial charge in [0.15, 0.2) is 0 Å². The second-order valence-electron chi connectivity index (χ2n) is 9.35. The molecule has 0 aliphatic rings. The number of rotatable bonds is 18. The minimum Gasteiger partial charge on any atom is -0.481 e. The largest absolute Gasteiger partial charge is 0.481 e. The Morgan fingerprint density at radius 1 is 0.868 bits per heavy atom. The predicted octanol–water partition coefficient (Wildman–Crippen LogP) is 0.135. The molecule has 0 aromatic heterocycles. The standard InChI is InChI=1S/C26H41N5O7/c1-3-16(2)22(31-23(34)18(28)15-17-9-5-4-6-10-17)25(36)29-19(11-7-8-14-27)24(35)30-20(26(37)38)12-13-21(32)33/h4-6,9-10,16,18-20,22H,3,7-8,11-15,27-28H2,1-2H3,(H,29,36)(H,30,35)(H,31,34)(H,32,33)(H,37,38). The number of aliphatic carboxylic acids is 2. The summed E-state index contributed by atoms with van der Waals surface area (Å²) in [5.41, 5.74) is 12.5. The topological polar surface area (TPSA) is 214 Å². The molecule has 1 rings (SSSR count). The van der Waals surface area contributed by atoms with Gasteiger partial charge in [0.05, 0.1) is 6.04 Å². The van der Waals surface area contributed by atoms with Crippen LogP contribution >= 0.6 is 0 Å². The SMILES string of the molecule is CCC(C)C(NC(=O)C(N)Cc1ccccc1)C(=O)NC(CCCCN)C(=O)NC(CCC(=O)O)C(=O)O. The summed E-state index contributed by atoms with van der Waals surface area (Å²) in [5, 5.41) is 25.9. The maximum absolute atomic E-state index is 13.3. The quantitative estimate of drug-likeness (QED) is 0.127. The molecule has 0 spiro atoms. The number of carbonyl (C=O) groups is 5. The van der Waals surface area contributed by atoms with Gasteiger partial charge in [-0.3, -0.25) is 19.2 Å². The summed E-state index contributed by atoms with van der Waals surface area (Å²) in [6.07, 6.45) is 1.28. The Bertz CT molecular complexity index is 928. The summed E-state index contributed by atoms with van der Waals surface area (Å²) in [6, 6.07) is 4.78. The van der Waals surface area contributed by atoms with Crippen LogP contribution in [0.3, 0.4) is 0 Å². The molecule has 0 aliphatic heterocycles. The van der Waals surface area contributed by atoms with Gasteiger partial charge < -0.3 is 37.6 Å². The second kappa shape index (κ2) is 17.1. The summed E-state index contributed by atoms with van der Waals surface area (Å²) in [7, 11) is 0. The number of nitrogens with two attached hydrogens (primary N) is 2. The van der Waals surface area contributed by atoms with Crippen molar-refractivity contribution in [2.45, 2.75) is 83.0 Å². The third-order valence-electron chi connectivity index (χ3n) is 6.27. The smallest absolute Gasteiger partial charge is 0.326 e. The average Bonchev–Trinajstić information content (AvgIpc) is 2.88. The number of carboxylic acid groups (broad SMARTS) is 2. The highest BCUT2D eigenvalue weighted by molar-refractivity contribution is 5.94. The van der Waals surface area contributed by atoms with Crippen molar-refractivity contribution >= 4 is 29.7 Å². The van der Waals surface area contributed by atoms with Crippen molar-refractivity contribution in [1.82, 2.24) is 16.0 Å². The fourth-order valence-electron chi connectivity index (χ4n) is 3.74. The second-order valence-corrected chi connectivity index (χ2v) is 9.35. The van der Waals surface area contributed by atoms with Crippen LogP contribution in [0.4, 0.5) is 0 Å². The molecule has 0 heterocycles. The van der Waals surface area contributed by atoms with Crippen LogP contribution < -0.4 is 27.4 Å². The van der Waals surface area contributed by atoms with Gasteiger partial charge in [0, 0.05) is 6.42 Å². The van der Waals surface area contributed by atoms with Gasteiger partial charge in [-0.2, -0.15) is 0 Å². The molecular weight excluding hydrogens is 494 g/mol. The third kappa shape index (κ3) is 11.7. The van der Waals surface area contributed by atoms with Crippen LogP contribution in [0.15, 0.2) is 30.3 Å². The van der Waals surface area contributed by atoms with Crippen molar-refractivity contribution in [1.29, 1.82) is 0 Å². The highest BCUT2D eigenvalue weighted by Gasteiger charge is 2.32. The number of hydrogen-bond donors (Lipinski definition) is 7. The molecule has 3 amide bonds. The van der Waals surface area contributed by atoms with Gasteiger partial charge in [0.2, 0.25) is 17.7 Å². The van der Waals surface area contributed by atoms with E-state index in [0.717, 1.165) is 5.56 Å². The van der Waals surface area contributed by atoms with Crippen molar-refractivity contribution in [2.75, 3.05) is 6.54 Å². The molecule has 0 fully saturated rings. The molecule has 0 saturated heterocycles. The molecule has 12 nitrogen and oxygen atoms in total. The molecule has 0 saturated carbocycles. The molecular formula is C26H41N5O7. The number of hydrogen-bond acceptors (Lipinski definition) is 7. The average molecular weight is 536 g/mol. The van der Waals surface area contributed by atoms with Crippen molar-refractivity contribution in [3.05, 3.63) is 35.9 Å². The van der Waals surface area contributed by atoms with Crippen LogP contribution in [-0.4, -0.2) is 70.6 Å². The van der Waals surface area contributed by atoms with E-state index in [2.05, 4.69) is 16.0 Å². The van der Waals surface area contributed by atoms with E-state index < -0.39 is 60.2 Å². The first-order valence-corrected chi connectivity index (χ1v) is 12.8. The summed E-state index contributed by atoms with van der Waals surface area (Å²) >= 11 is 0. The van der Waals surface area contributed by atoms with Crippen LogP contribution in [0.5, 0.6) is 0 Å². The summed E-state index contributed by atoms with van der Waals surface area (Å²) < 4.78 is 0. The number of benzene rings is 1. The zero-order valence-corrected chi connectivity index (χ0v) is 22.0. The number of carbonyl (C=O) groups excluding carboxylic acids is 3. The fraction of sp³-hybridized carbons (Fsp3) is 0.577. The minimum absolute atomic E-state index is 0.175. The van der Waals surface area contributed by atoms with Crippen LogP contribution in [0.2, 0.25) is 0 Å². The molecule has 1 aromatic rings. The number of nitrogens with one attached hydrogen (secondary N) is 3. The van der Waals surface area contributed by atoms with E-state index in [4.69, 9.17) is 16.6 Å². The van der Waals surface area contributed by atoms with E-state index in [0.29, 0.717) is 25.8 Å². The lowest BCUT2D eigenvalue weighted by atomic mass is 9.96. The summed E-state index contributed by atoms with van der Waals surface area (Å²) in [4.78, 5) is 61.5. The molecule has 1 aromatic carbocycles. The minimum atomic E-state index is -1.44. The normalized spacial score (nSPS) is 14.8. The summed E-state index contributed by atoms with van der Waals surface area (Å²) in [6.45, 7) is 4.00. The predicted molar refractivity (Wildman–Crippen MR) is 141 cm³/mol. The molecule has 5 atom stereocenters.